The number of amides is 2. The zero-order valence-corrected chi connectivity index (χ0v) is 25.0. The number of nitrogens with one attached hydrogen (secondary N) is 3. The van der Waals surface area contributed by atoms with Crippen LogP contribution < -0.4 is 15.4 Å². The summed E-state index contributed by atoms with van der Waals surface area (Å²) in [4.78, 5) is 41.2. The van der Waals surface area contributed by atoms with Gasteiger partial charge in [-0.3, -0.25) is 14.6 Å². The molecule has 1 heterocycles. The van der Waals surface area contributed by atoms with E-state index < -0.39 is 38.6 Å². The minimum Gasteiger partial charge on any atom is -0.480 e. The zero-order chi connectivity index (χ0) is 30.8. The molecule has 10 nitrogen and oxygen atoms in total. The predicted molar refractivity (Wildman–Crippen MR) is 163 cm³/mol. The van der Waals surface area contributed by atoms with E-state index in [1.807, 2.05) is 56.3 Å². The Bertz CT molecular complexity index is 1630. The summed E-state index contributed by atoms with van der Waals surface area (Å²) in [5, 5.41) is 15.5. The maximum absolute atomic E-state index is 13.2. The molecule has 226 valence electrons. The third-order valence-corrected chi connectivity index (χ3v) is 10.8. The number of pyridine rings is 1. The summed E-state index contributed by atoms with van der Waals surface area (Å²) in [6.45, 7) is 4.26. The monoisotopic (exact) mass is 604 g/mol. The summed E-state index contributed by atoms with van der Waals surface area (Å²) < 4.78 is 28.8. The molecular formula is C32H36N4O6S. The third-order valence-electron chi connectivity index (χ3n) is 9.25. The van der Waals surface area contributed by atoms with Gasteiger partial charge in [-0.25, -0.2) is 17.9 Å². The van der Waals surface area contributed by atoms with Crippen molar-refractivity contribution < 1.29 is 27.9 Å². The Morgan fingerprint density at radius 1 is 1.02 bits per heavy atom. The van der Waals surface area contributed by atoms with Gasteiger partial charge in [0.15, 0.2) is 0 Å². The van der Waals surface area contributed by atoms with Crippen molar-refractivity contribution in [3.63, 3.8) is 0 Å². The largest absolute Gasteiger partial charge is 0.480 e. The molecule has 1 aromatic heterocycles. The van der Waals surface area contributed by atoms with Crippen molar-refractivity contribution >= 4 is 33.5 Å². The molecule has 0 spiro atoms. The lowest BCUT2D eigenvalue weighted by Crippen LogP contribution is -2.49. The van der Waals surface area contributed by atoms with Crippen LogP contribution in [0, 0.1) is 16.7 Å². The maximum Gasteiger partial charge on any atom is 0.322 e. The van der Waals surface area contributed by atoms with E-state index in [0.717, 1.165) is 23.1 Å². The number of sulfonamides is 1. The SMILES string of the molecule is CC1(C)C2CCC1(CS(=O)(=O)N[C@@H](Cc1ccc(-c3cccc(NC(=O)NCc4ccncc4)c3)cc1)C(=O)O)C(=O)C2. The number of benzene rings is 2. The van der Waals surface area contributed by atoms with Crippen LogP contribution in [-0.2, 0) is 32.6 Å². The number of Topliss-reactive ketones (excluding diaryl/α,β-unsaturated/α-hetero) is 1. The number of carbonyl (C=O) groups excluding carboxylic acids is 2. The van der Waals surface area contributed by atoms with E-state index in [1.54, 1.807) is 30.6 Å². The van der Waals surface area contributed by atoms with Crippen molar-refractivity contribution in [3.05, 3.63) is 84.2 Å². The Morgan fingerprint density at radius 3 is 2.37 bits per heavy atom. The first-order valence-electron chi connectivity index (χ1n) is 14.3. The Hall–Kier alpha value is -4.09. The number of carboxylic acids is 1. The first-order chi connectivity index (χ1) is 20.4. The molecule has 2 bridgehead atoms. The molecule has 3 aromatic rings. The van der Waals surface area contributed by atoms with E-state index >= 15 is 0 Å². The molecule has 2 amide bonds. The van der Waals surface area contributed by atoms with Gasteiger partial charge >= 0.3 is 12.0 Å². The number of anilines is 1. The van der Waals surface area contributed by atoms with E-state index in [0.29, 0.717) is 30.6 Å². The number of aromatic nitrogens is 1. The average molecular weight is 605 g/mol. The van der Waals surface area contributed by atoms with E-state index in [4.69, 9.17) is 0 Å². The van der Waals surface area contributed by atoms with Crippen LogP contribution in [-0.4, -0.2) is 48.1 Å². The molecule has 2 aliphatic carbocycles. The number of urea groups is 1. The van der Waals surface area contributed by atoms with Crippen molar-refractivity contribution in [3.8, 4) is 11.1 Å². The van der Waals surface area contributed by atoms with Gasteiger partial charge in [-0.1, -0.05) is 50.2 Å². The van der Waals surface area contributed by atoms with Crippen molar-refractivity contribution in [2.75, 3.05) is 11.1 Å². The van der Waals surface area contributed by atoms with Gasteiger partial charge in [-0.15, -0.1) is 0 Å². The molecule has 2 saturated carbocycles. The van der Waals surface area contributed by atoms with Gasteiger partial charge in [0.2, 0.25) is 10.0 Å². The lowest BCUT2D eigenvalue weighted by atomic mass is 9.70. The quantitative estimate of drug-likeness (QED) is 0.253. The predicted octanol–water partition coefficient (Wildman–Crippen LogP) is 4.38. The number of aliphatic carboxylic acids is 1. The van der Waals surface area contributed by atoms with E-state index in [1.165, 1.54) is 0 Å². The summed E-state index contributed by atoms with van der Waals surface area (Å²) in [5.74, 6) is -1.55. The van der Waals surface area contributed by atoms with Gasteiger partial charge in [0.05, 0.1) is 5.75 Å². The third kappa shape index (κ3) is 6.47. The number of hydrogen-bond acceptors (Lipinski definition) is 6. The van der Waals surface area contributed by atoms with Crippen LogP contribution in [0.25, 0.3) is 11.1 Å². The lowest BCUT2D eigenvalue weighted by Gasteiger charge is -2.36. The second-order valence-corrected chi connectivity index (χ2v) is 13.8. The highest BCUT2D eigenvalue weighted by Gasteiger charge is 2.65. The second kappa shape index (κ2) is 11.9. The smallest absolute Gasteiger partial charge is 0.322 e. The fourth-order valence-corrected chi connectivity index (χ4v) is 8.60. The highest BCUT2D eigenvalue weighted by molar-refractivity contribution is 7.89. The van der Waals surface area contributed by atoms with Crippen LogP contribution in [0.1, 0.15) is 44.2 Å². The molecule has 43 heavy (non-hydrogen) atoms. The number of carboxylic acid groups (broad SMARTS) is 1. The summed E-state index contributed by atoms with van der Waals surface area (Å²) in [5.41, 5.74) is 2.44. The summed E-state index contributed by atoms with van der Waals surface area (Å²) in [6.07, 6.45) is 4.97. The number of hydrogen-bond donors (Lipinski definition) is 4. The van der Waals surface area contributed by atoms with Crippen molar-refractivity contribution in [1.82, 2.24) is 15.0 Å². The first kappa shape index (κ1) is 30.4. The summed E-state index contributed by atoms with van der Waals surface area (Å²) in [6, 6.07) is 16.4. The first-order valence-corrected chi connectivity index (χ1v) is 15.9. The molecular weight excluding hydrogens is 568 g/mol. The van der Waals surface area contributed by atoms with Gasteiger partial charge in [-0.2, -0.15) is 0 Å². The van der Waals surface area contributed by atoms with Crippen LogP contribution >= 0.6 is 0 Å². The number of fused-ring (bicyclic) bond motifs is 2. The van der Waals surface area contributed by atoms with Crippen LogP contribution in [0.2, 0.25) is 0 Å². The van der Waals surface area contributed by atoms with Crippen LogP contribution in [0.15, 0.2) is 73.1 Å². The van der Waals surface area contributed by atoms with Gasteiger partial charge in [-0.05, 0) is 77.1 Å². The number of carbonyl (C=O) groups is 3. The molecule has 0 aliphatic heterocycles. The molecule has 5 rings (SSSR count). The van der Waals surface area contributed by atoms with Crippen LogP contribution in [0.5, 0.6) is 0 Å². The molecule has 2 fully saturated rings. The van der Waals surface area contributed by atoms with Gasteiger partial charge in [0, 0.05) is 36.5 Å². The normalized spacial score (nSPS) is 21.3. The summed E-state index contributed by atoms with van der Waals surface area (Å²) >= 11 is 0. The summed E-state index contributed by atoms with van der Waals surface area (Å²) in [7, 11) is -4.06. The Balaban J connectivity index is 1.21. The number of nitrogens with zero attached hydrogens (tertiary/aromatic N) is 1. The van der Waals surface area contributed by atoms with E-state index in [9.17, 15) is 27.9 Å². The van der Waals surface area contributed by atoms with Gasteiger partial charge in [0.1, 0.15) is 11.8 Å². The molecule has 4 N–H and O–H groups in total. The van der Waals surface area contributed by atoms with Gasteiger partial charge in [0.25, 0.3) is 0 Å². The minimum atomic E-state index is -4.06. The maximum atomic E-state index is 13.2. The average Bonchev–Trinajstić information content (AvgIpc) is 3.31. The Labute approximate surface area is 251 Å². The van der Waals surface area contributed by atoms with Crippen molar-refractivity contribution in [2.24, 2.45) is 16.7 Å². The molecule has 0 radical (unpaired) electrons. The fraction of sp³-hybridized carbons (Fsp3) is 0.375. The highest BCUT2D eigenvalue weighted by atomic mass is 32.2. The second-order valence-electron chi connectivity index (χ2n) is 12.1. The number of ketones is 1. The molecule has 3 atom stereocenters. The standard InChI is InChI=1S/C32H36N4O6S/c1-31(2)25-10-13-32(31,28(37)18-25)20-43(41,42)36-27(29(38)39)16-21-6-8-23(9-7-21)24-4-3-5-26(17-24)35-30(40)34-19-22-11-14-33-15-12-22/h3-9,11-12,14-15,17,25,27,36H,10,13,16,18-20H2,1-2H3,(H,38,39)(H2,34,35,40)/t25?,27-,32?/m0/s1. The number of rotatable bonds is 11. The van der Waals surface area contributed by atoms with E-state index in [-0.39, 0.29) is 24.2 Å². The lowest BCUT2D eigenvalue weighted by molar-refractivity contribution is -0.138. The fourth-order valence-electron chi connectivity index (χ4n) is 6.57. The molecule has 2 aliphatic rings. The highest BCUT2D eigenvalue weighted by Crippen LogP contribution is 2.64. The zero-order valence-electron chi connectivity index (χ0n) is 24.2. The van der Waals surface area contributed by atoms with Crippen LogP contribution in [0.3, 0.4) is 0 Å². The Kier molecular flexibility index (Phi) is 8.40. The van der Waals surface area contributed by atoms with Crippen molar-refractivity contribution in [2.45, 2.75) is 52.1 Å². The molecule has 2 unspecified atom stereocenters. The van der Waals surface area contributed by atoms with Crippen molar-refractivity contribution in [1.29, 1.82) is 0 Å². The minimum absolute atomic E-state index is 0.0357. The topological polar surface area (TPSA) is 155 Å². The molecule has 0 saturated heterocycles. The van der Waals surface area contributed by atoms with Gasteiger partial charge < -0.3 is 15.7 Å². The Morgan fingerprint density at radius 2 is 1.74 bits per heavy atom. The molecule has 2 aromatic carbocycles. The van der Waals surface area contributed by atoms with E-state index in [2.05, 4.69) is 20.3 Å². The molecule has 11 heteroatoms. The van der Waals surface area contributed by atoms with Crippen LogP contribution in [0.4, 0.5) is 10.5 Å².